The molecule has 3 unspecified atom stereocenters. The van der Waals surface area contributed by atoms with Crippen LogP contribution in [0.25, 0.3) is 0 Å². The Labute approximate surface area is 191 Å². The number of rotatable bonds is 7. The third kappa shape index (κ3) is 3.66. The van der Waals surface area contributed by atoms with E-state index in [0.29, 0.717) is 18.6 Å². The topological polar surface area (TPSA) is 63.6 Å². The first-order valence-corrected chi connectivity index (χ1v) is 12.2. The van der Waals surface area contributed by atoms with Gasteiger partial charge in [-0.1, -0.05) is 45.3 Å². The van der Waals surface area contributed by atoms with E-state index in [1.54, 1.807) is 6.08 Å². The van der Waals surface area contributed by atoms with Gasteiger partial charge in [-0.2, -0.15) is 0 Å². The standard InChI is InChI=1S/C27H37FO4/c1-5-6-7-10-32-15-23(31)24-16(2)11-19-18-13-21(28)20-12-17(29)8-9-26(20,3)25(18)22(30)14-27(19,24)4/h8-9,12,16,19,21-22,24,30H,5-7,10-11,13-15H2,1-4H3/t16?,19-,21?,22?,24+,26-,27-/m0/s1. The van der Waals surface area contributed by atoms with E-state index < -0.39 is 23.1 Å². The zero-order valence-electron chi connectivity index (χ0n) is 19.8. The number of aliphatic hydroxyl groups is 1. The molecule has 7 atom stereocenters. The number of ether oxygens (including phenoxy) is 1. The van der Waals surface area contributed by atoms with Crippen molar-refractivity contribution >= 4 is 11.6 Å². The number of carbonyl (C=O) groups excluding carboxylic acids is 2. The number of hydrogen-bond donors (Lipinski definition) is 1. The van der Waals surface area contributed by atoms with Crippen LogP contribution in [-0.2, 0) is 14.3 Å². The summed E-state index contributed by atoms with van der Waals surface area (Å²) in [6.45, 7) is 8.98. The fourth-order valence-corrected chi connectivity index (χ4v) is 7.37. The van der Waals surface area contributed by atoms with Crippen LogP contribution >= 0.6 is 0 Å². The Kier molecular flexibility index (Phi) is 6.36. The molecule has 0 bridgehead atoms. The van der Waals surface area contributed by atoms with Gasteiger partial charge in [-0.3, -0.25) is 9.59 Å². The minimum atomic E-state index is -1.24. The van der Waals surface area contributed by atoms with Crippen molar-refractivity contribution in [1.29, 1.82) is 0 Å². The lowest BCUT2D eigenvalue weighted by Gasteiger charge is -2.52. The Hall–Kier alpha value is -1.59. The molecule has 1 fully saturated rings. The fraction of sp³-hybridized carbons (Fsp3) is 0.704. The van der Waals surface area contributed by atoms with Crippen molar-refractivity contribution in [3.63, 3.8) is 0 Å². The van der Waals surface area contributed by atoms with Gasteiger partial charge in [0.05, 0.1) is 6.10 Å². The van der Waals surface area contributed by atoms with E-state index in [1.165, 1.54) is 12.2 Å². The summed E-state index contributed by atoms with van der Waals surface area (Å²) >= 11 is 0. The van der Waals surface area contributed by atoms with E-state index in [0.717, 1.165) is 36.8 Å². The quantitative estimate of drug-likeness (QED) is 0.447. The van der Waals surface area contributed by atoms with Crippen LogP contribution in [0.2, 0.25) is 0 Å². The van der Waals surface area contributed by atoms with Crippen LogP contribution in [0.4, 0.5) is 4.39 Å². The van der Waals surface area contributed by atoms with Gasteiger partial charge in [0.1, 0.15) is 12.8 Å². The van der Waals surface area contributed by atoms with Crippen molar-refractivity contribution in [1.82, 2.24) is 0 Å². The Morgan fingerprint density at radius 2 is 2.06 bits per heavy atom. The summed E-state index contributed by atoms with van der Waals surface area (Å²) in [4.78, 5) is 25.2. The largest absolute Gasteiger partial charge is 0.389 e. The van der Waals surface area contributed by atoms with E-state index in [2.05, 4.69) is 20.8 Å². The molecule has 0 spiro atoms. The second kappa shape index (κ2) is 8.64. The minimum Gasteiger partial charge on any atom is -0.389 e. The molecule has 1 N–H and O–H groups in total. The van der Waals surface area contributed by atoms with Gasteiger partial charge < -0.3 is 9.84 Å². The third-order valence-electron chi connectivity index (χ3n) is 8.67. The van der Waals surface area contributed by atoms with Crippen LogP contribution in [0.5, 0.6) is 0 Å². The number of halogens is 1. The van der Waals surface area contributed by atoms with Crippen molar-refractivity contribution in [3.8, 4) is 0 Å². The first-order chi connectivity index (χ1) is 15.1. The molecule has 4 nitrogen and oxygen atoms in total. The zero-order chi connectivity index (χ0) is 23.3. The average molecular weight is 445 g/mol. The first-order valence-electron chi connectivity index (χ1n) is 12.2. The second-order valence-corrected chi connectivity index (χ2v) is 10.8. The van der Waals surface area contributed by atoms with Gasteiger partial charge >= 0.3 is 0 Å². The molecule has 0 aromatic carbocycles. The lowest BCUT2D eigenvalue weighted by atomic mass is 9.53. The van der Waals surface area contributed by atoms with Gasteiger partial charge in [-0.25, -0.2) is 4.39 Å². The molecular weight excluding hydrogens is 407 g/mol. The van der Waals surface area contributed by atoms with Gasteiger partial charge in [-0.05, 0) is 66.7 Å². The monoisotopic (exact) mass is 444 g/mol. The molecule has 4 rings (SSSR count). The third-order valence-corrected chi connectivity index (χ3v) is 8.67. The van der Waals surface area contributed by atoms with Crippen molar-refractivity contribution in [2.24, 2.45) is 28.6 Å². The van der Waals surface area contributed by atoms with Crippen molar-refractivity contribution in [3.05, 3.63) is 34.9 Å². The van der Waals surface area contributed by atoms with Gasteiger partial charge in [0.25, 0.3) is 0 Å². The van der Waals surface area contributed by atoms with Crippen molar-refractivity contribution < 1.29 is 23.8 Å². The van der Waals surface area contributed by atoms with Crippen molar-refractivity contribution in [2.45, 2.75) is 78.5 Å². The summed E-state index contributed by atoms with van der Waals surface area (Å²) in [5.74, 6) is -0.0699. The van der Waals surface area contributed by atoms with E-state index in [4.69, 9.17) is 4.74 Å². The molecule has 5 heteroatoms. The highest BCUT2D eigenvalue weighted by atomic mass is 19.1. The molecule has 1 saturated carbocycles. The number of hydrogen-bond acceptors (Lipinski definition) is 4. The highest BCUT2D eigenvalue weighted by Crippen LogP contribution is 2.65. The second-order valence-electron chi connectivity index (χ2n) is 10.8. The van der Waals surface area contributed by atoms with E-state index >= 15 is 4.39 Å². The molecule has 176 valence electrons. The van der Waals surface area contributed by atoms with Gasteiger partial charge in [0.2, 0.25) is 0 Å². The van der Waals surface area contributed by atoms with E-state index in [-0.39, 0.29) is 42.3 Å². The molecule has 4 aliphatic carbocycles. The molecule has 0 aromatic rings. The van der Waals surface area contributed by atoms with Gasteiger partial charge in [0.15, 0.2) is 11.6 Å². The number of alkyl halides is 1. The first kappa shape index (κ1) is 23.6. The number of allylic oxidation sites excluding steroid dienone is 5. The maximum atomic E-state index is 15.4. The van der Waals surface area contributed by atoms with Crippen LogP contribution < -0.4 is 0 Å². The molecule has 0 amide bonds. The Bertz CT molecular complexity index is 886. The van der Waals surface area contributed by atoms with E-state index in [1.807, 2.05) is 6.92 Å². The number of Topliss-reactive ketones (excluding diaryl/α,β-unsaturated/α-hetero) is 1. The molecule has 32 heavy (non-hydrogen) atoms. The molecule has 0 heterocycles. The Morgan fingerprint density at radius 3 is 2.78 bits per heavy atom. The summed E-state index contributed by atoms with van der Waals surface area (Å²) in [6, 6.07) is 0. The van der Waals surface area contributed by atoms with Crippen LogP contribution in [0, 0.1) is 28.6 Å². The number of unbranched alkanes of at least 4 members (excludes halogenated alkanes) is 2. The Balaban J connectivity index is 1.63. The SMILES string of the molecule is CCCCCOCC(=O)[C@H]1C(C)C[C@H]2C3=C(C(O)C[C@@]21C)[C@@]1(C)C=CC(=O)C=C1C(F)C3. The zero-order valence-corrected chi connectivity index (χ0v) is 19.8. The highest BCUT2D eigenvalue weighted by molar-refractivity contribution is 6.01. The number of fused-ring (bicyclic) bond motifs is 4. The number of carbonyl (C=O) groups is 2. The lowest BCUT2D eigenvalue weighted by Crippen LogP contribution is -2.49. The Morgan fingerprint density at radius 1 is 1.31 bits per heavy atom. The predicted molar refractivity (Wildman–Crippen MR) is 122 cm³/mol. The average Bonchev–Trinajstić information content (AvgIpc) is 2.98. The van der Waals surface area contributed by atoms with E-state index in [9.17, 15) is 14.7 Å². The smallest absolute Gasteiger partial charge is 0.178 e. The highest BCUT2D eigenvalue weighted by Gasteiger charge is 2.60. The number of aliphatic hydroxyl groups excluding tert-OH is 1. The lowest BCUT2D eigenvalue weighted by molar-refractivity contribution is -0.133. The molecule has 4 aliphatic rings. The molecular formula is C27H37FO4. The summed E-state index contributed by atoms with van der Waals surface area (Å²) in [5.41, 5.74) is 1.12. The molecule has 0 radical (unpaired) electrons. The maximum absolute atomic E-state index is 15.4. The molecule has 0 saturated heterocycles. The van der Waals surface area contributed by atoms with Crippen LogP contribution in [0.1, 0.15) is 66.2 Å². The predicted octanol–water partition coefficient (Wildman–Crippen LogP) is 4.92. The normalized spacial score (nSPS) is 40.6. The van der Waals surface area contributed by atoms with Crippen LogP contribution in [0.15, 0.2) is 34.9 Å². The van der Waals surface area contributed by atoms with Crippen LogP contribution in [0.3, 0.4) is 0 Å². The summed E-state index contributed by atoms with van der Waals surface area (Å²) in [5, 5.41) is 11.4. The number of ketones is 2. The summed E-state index contributed by atoms with van der Waals surface area (Å²) < 4.78 is 21.1. The molecule has 0 aliphatic heterocycles. The van der Waals surface area contributed by atoms with Gasteiger partial charge in [0, 0.05) is 24.4 Å². The fourth-order valence-electron chi connectivity index (χ4n) is 7.37. The summed E-state index contributed by atoms with van der Waals surface area (Å²) in [6.07, 6.45) is 7.34. The minimum absolute atomic E-state index is 0.0626. The van der Waals surface area contributed by atoms with Crippen LogP contribution in [-0.4, -0.2) is 42.2 Å². The van der Waals surface area contributed by atoms with Gasteiger partial charge in [-0.15, -0.1) is 0 Å². The van der Waals surface area contributed by atoms with Crippen molar-refractivity contribution in [2.75, 3.05) is 13.2 Å². The molecule has 0 aromatic heterocycles. The maximum Gasteiger partial charge on any atom is 0.178 e. The summed E-state index contributed by atoms with van der Waals surface area (Å²) in [7, 11) is 0.